The summed E-state index contributed by atoms with van der Waals surface area (Å²) in [7, 11) is -9.89. The summed E-state index contributed by atoms with van der Waals surface area (Å²) in [6.07, 6.45) is 1.64. The highest BCUT2D eigenvalue weighted by Gasteiger charge is 2.28. The molecule has 0 radical (unpaired) electrons. The van der Waals surface area contributed by atoms with Crippen LogP contribution in [0.2, 0.25) is 0 Å². The first kappa shape index (κ1) is 64.8. The lowest BCUT2D eigenvalue weighted by molar-refractivity contribution is 0.0914. The predicted octanol–water partition coefficient (Wildman–Crippen LogP) is 10.6. The fraction of sp³-hybridized carbons (Fsp3) is 0.418. The Morgan fingerprint density at radius 2 is 1.00 bits per heavy atom. The van der Waals surface area contributed by atoms with Crippen molar-refractivity contribution >= 4 is 46.2 Å². The van der Waals surface area contributed by atoms with Gasteiger partial charge in [-0.2, -0.15) is 10.2 Å². The molecule has 2 aromatic heterocycles. The van der Waals surface area contributed by atoms with E-state index >= 15 is 0 Å². The average molecular weight is 1190 g/mol. The standard InChI is InChI=1S/C28H37N2O9PS.C27H35N2O8PS/c1-7-36-40(32,37-8-2)19-30-23(13-20(3)29-30)16-28(31)22-14-25(38-21(4)18-35-5)17-26(15-22)39-24-9-11-27(12-10-24)41(6,33)34;1-7-35-38(5,31)18-29-19(2)12-22(28-29)15-27(30)21-13-24(36-20(3)17-34-4)16-25(14-21)37-23-8-10-26(11-9-23)39(6,32)33/h9-15,17,21H,7-8,16,18-19H2,1-6H3;8-14,16,20H,7,15,17-18H2,1-6H3/t21-;20-,38?/m00/s1. The maximum Gasteiger partial charge on any atom is 0.351 e. The van der Waals surface area contributed by atoms with Crippen molar-refractivity contribution < 1.29 is 77.5 Å². The number of benzene rings is 4. The minimum absolute atomic E-state index is 0.00999. The number of hydrogen-bond acceptors (Lipinski definition) is 19. The second kappa shape index (κ2) is 29.1. The number of ketones is 2. The van der Waals surface area contributed by atoms with Crippen LogP contribution in [-0.2, 0) is 77.3 Å². The van der Waals surface area contributed by atoms with Crippen molar-refractivity contribution in [2.24, 2.45) is 0 Å². The topological polar surface area (TPSA) is 255 Å². The van der Waals surface area contributed by atoms with Crippen LogP contribution >= 0.6 is 15.0 Å². The van der Waals surface area contributed by atoms with Gasteiger partial charge in [-0.1, -0.05) is 0 Å². The zero-order chi connectivity index (χ0) is 59.0. The molecule has 0 amide bonds. The molecule has 0 saturated heterocycles. The highest BCUT2D eigenvalue weighted by molar-refractivity contribution is 7.91. The molecule has 1 unspecified atom stereocenters. The van der Waals surface area contributed by atoms with E-state index in [-0.39, 0.29) is 72.2 Å². The average Bonchev–Trinajstić information content (AvgIpc) is 3.90. The van der Waals surface area contributed by atoms with E-state index in [4.69, 9.17) is 42.0 Å². The van der Waals surface area contributed by atoms with Crippen LogP contribution in [0.25, 0.3) is 0 Å². The number of rotatable bonds is 30. The molecule has 6 aromatic rings. The van der Waals surface area contributed by atoms with Gasteiger partial charge in [-0.3, -0.25) is 28.1 Å². The number of aryl methyl sites for hydroxylation is 2. The minimum atomic E-state index is -3.46. The molecule has 0 spiro atoms. The summed E-state index contributed by atoms with van der Waals surface area (Å²) in [5.74, 6) is 1.79. The van der Waals surface area contributed by atoms with Gasteiger partial charge in [0.25, 0.3) is 0 Å². The second-order valence-corrected chi connectivity index (χ2v) is 27.4. The summed E-state index contributed by atoms with van der Waals surface area (Å²) in [6.45, 7) is 15.5. The van der Waals surface area contributed by atoms with Crippen molar-refractivity contribution in [3.05, 3.63) is 131 Å². The SMILES string of the molecule is CCOP(=O)(Cn1nc(C)cc1CC(=O)c1cc(Oc2ccc(S(C)(=O)=O)cc2)cc(O[C@@H](C)COC)c1)OCC.CCOP(C)(=O)Cn1nc(CC(=O)c2cc(Oc3ccc(S(C)(=O)=O)cc3)cc(O[C@@H](C)COC)c2)cc1C. The first-order valence-electron chi connectivity index (χ1n) is 25.4. The fourth-order valence-corrected chi connectivity index (χ4v) is 12.2. The van der Waals surface area contributed by atoms with Gasteiger partial charge in [0.05, 0.1) is 67.1 Å². The number of methoxy groups -OCH3 is 2. The summed E-state index contributed by atoms with van der Waals surface area (Å²) in [6, 6.07) is 25.2. The van der Waals surface area contributed by atoms with E-state index in [2.05, 4.69) is 10.2 Å². The van der Waals surface area contributed by atoms with Gasteiger partial charge in [-0.15, -0.1) is 0 Å². The van der Waals surface area contributed by atoms with Gasteiger partial charge in [-0.05, 0) is 133 Å². The molecule has 21 nitrogen and oxygen atoms in total. The molecule has 0 aliphatic rings. The molecule has 0 saturated carbocycles. The molecule has 2 heterocycles. The number of nitrogens with zero attached hydrogens (tertiary/aromatic N) is 4. The Labute approximate surface area is 468 Å². The van der Waals surface area contributed by atoms with Gasteiger partial charge in [0.15, 0.2) is 31.2 Å². The van der Waals surface area contributed by atoms with Crippen molar-refractivity contribution in [2.45, 2.75) is 95.9 Å². The molecule has 80 heavy (non-hydrogen) atoms. The van der Waals surface area contributed by atoms with Crippen LogP contribution in [0.1, 0.15) is 78.1 Å². The Kier molecular flexibility index (Phi) is 23.6. The molecule has 3 atom stereocenters. The summed E-state index contributed by atoms with van der Waals surface area (Å²) < 4.78 is 126. The van der Waals surface area contributed by atoms with Crippen LogP contribution in [0.3, 0.4) is 0 Å². The molecule has 0 aliphatic heterocycles. The number of ether oxygens (including phenoxy) is 6. The lowest BCUT2D eigenvalue weighted by Crippen LogP contribution is -2.18. The largest absolute Gasteiger partial charge is 0.488 e. The van der Waals surface area contributed by atoms with Crippen molar-refractivity contribution in [2.75, 3.05) is 66.4 Å². The molecule has 436 valence electrons. The molecular weight excluding hydrogens is 1110 g/mol. The number of carbonyl (C=O) groups is 2. The minimum Gasteiger partial charge on any atom is -0.488 e. The molecule has 0 aliphatic carbocycles. The fourth-order valence-electron chi connectivity index (χ4n) is 7.94. The van der Waals surface area contributed by atoms with E-state index < -0.39 is 34.6 Å². The molecule has 4 aromatic carbocycles. The summed E-state index contributed by atoms with van der Waals surface area (Å²) in [5, 5.41) is 8.88. The van der Waals surface area contributed by atoms with E-state index in [1.54, 1.807) is 114 Å². The van der Waals surface area contributed by atoms with Gasteiger partial charge in [-0.25, -0.2) is 16.8 Å². The lowest BCUT2D eigenvalue weighted by atomic mass is 10.1. The molecule has 25 heteroatoms. The summed E-state index contributed by atoms with van der Waals surface area (Å²) in [4.78, 5) is 27.2. The highest BCUT2D eigenvalue weighted by atomic mass is 32.2. The highest BCUT2D eigenvalue weighted by Crippen LogP contribution is 2.50. The van der Waals surface area contributed by atoms with E-state index in [0.717, 1.165) is 18.2 Å². The number of hydrogen-bond donors (Lipinski definition) is 0. The van der Waals surface area contributed by atoms with E-state index in [1.165, 1.54) is 41.1 Å². The van der Waals surface area contributed by atoms with Gasteiger partial charge in [0.2, 0.25) is 7.37 Å². The predicted molar refractivity (Wildman–Crippen MR) is 302 cm³/mol. The van der Waals surface area contributed by atoms with Crippen molar-refractivity contribution in [1.29, 1.82) is 0 Å². The summed E-state index contributed by atoms with van der Waals surface area (Å²) in [5.41, 5.74) is 3.17. The van der Waals surface area contributed by atoms with E-state index in [1.807, 2.05) is 20.8 Å². The Bertz CT molecular complexity index is 3370. The Morgan fingerprint density at radius 1 is 0.562 bits per heavy atom. The first-order chi connectivity index (χ1) is 37.6. The van der Waals surface area contributed by atoms with Crippen LogP contribution in [0.4, 0.5) is 0 Å². The van der Waals surface area contributed by atoms with Crippen LogP contribution in [0, 0.1) is 13.8 Å². The van der Waals surface area contributed by atoms with Crippen LogP contribution in [0.15, 0.2) is 107 Å². The van der Waals surface area contributed by atoms with Crippen LogP contribution in [0.5, 0.6) is 34.5 Å². The normalized spacial score (nSPS) is 13.3. The molecule has 0 N–H and O–H groups in total. The maximum atomic E-state index is 13.5. The van der Waals surface area contributed by atoms with Gasteiger partial charge < -0.3 is 42.0 Å². The Balaban J connectivity index is 0.000000294. The van der Waals surface area contributed by atoms with Gasteiger partial charge >= 0.3 is 7.60 Å². The maximum absolute atomic E-state index is 13.5. The lowest BCUT2D eigenvalue weighted by Gasteiger charge is -2.18. The zero-order valence-electron chi connectivity index (χ0n) is 47.2. The number of aromatic nitrogens is 4. The van der Waals surface area contributed by atoms with Crippen LogP contribution < -0.4 is 18.9 Å². The summed E-state index contributed by atoms with van der Waals surface area (Å²) >= 11 is 0. The number of Topliss-reactive ketones (excluding diaryl/α,β-unsaturated/α-hetero) is 2. The first-order valence-corrected chi connectivity index (χ1v) is 33.2. The monoisotopic (exact) mass is 1190 g/mol. The van der Waals surface area contributed by atoms with E-state index in [9.17, 15) is 35.6 Å². The zero-order valence-corrected chi connectivity index (χ0v) is 50.6. The second-order valence-electron chi connectivity index (χ2n) is 18.8. The number of carbonyl (C=O) groups excluding carboxylic acids is 2. The van der Waals surface area contributed by atoms with Crippen molar-refractivity contribution in [1.82, 2.24) is 19.6 Å². The van der Waals surface area contributed by atoms with Gasteiger partial charge in [0.1, 0.15) is 59.3 Å². The van der Waals surface area contributed by atoms with E-state index in [0.29, 0.717) is 82.5 Å². The Morgan fingerprint density at radius 3 is 1.43 bits per heavy atom. The Hall–Kier alpha value is -6.00. The van der Waals surface area contributed by atoms with Crippen molar-refractivity contribution in [3.63, 3.8) is 0 Å². The van der Waals surface area contributed by atoms with Crippen LogP contribution in [-0.4, -0.2) is 127 Å². The van der Waals surface area contributed by atoms with Crippen molar-refractivity contribution in [3.8, 4) is 34.5 Å². The third-order valence-electron chi connectivity index (χ3n) is 11.3. The molecular formula is C55H72N4O17P2S2. The molecule has 0 bridgehead atoms. The number of sulfone groups is 2. The smallest absolute Gasteiger partial charge is 0.351 e. The third-order valence-corrected chi connectivity index (χ3v) is 17.1. The third kappa shape index (κ3) is 20.2. The van der Waals surface area contributed by atoms with Gasteiger partial charge in [0, 0.05) is 68.0 Å². The quantitative estimate of drug-likeness (QED) is 0.0300. The molecule has 6 rings (SSSR count). The molecule has 0 fully saturated rings.